The third-order valence-electron chi connectivity index (χ3n) is 5.10. The van der Waals surface area contributed by atoms with Crippen LogP contribution in [0.15, 0.2) is 0 Å². The van der Waals surface area contributed by atoms with Crippen molar-refractivity contribution < 1.29 is 24.6 Å². The summed E-state index contributed by atoms with van der Waals surface area (Å²) < 4.78 is 0. The number of nitrogens with one attached hydrogen (secondary N) is 3. The van der Waals surface area contributed by atoms with E-state index in [1.165, 1.54) is 26.3 Å². The lowest BCUT2D eigenvalue weighted by molar-refractivity contribution is -0.139. The standard InChI is InChI=1S/C22H43N3O5/c1-5-6-7-8-9-10-11-20(28)24-18(13-12-17(2)3)21(29)25-22(30,16-26)15-14-19(27)23-4/h17-18,26,30H,5-16H2,1-4H3,(H,23,27)(H,24,28)(H,25,29)/t18-,22?/m0/s1. The maximum Gasteiger partial charge on any atom is 0.244 e. The van der Waals surface area contributed by atoms with E-state index in [0.717, 1.165) is 25.7 Å². The van der Waals surface area contributed by atoms with Gasteiger partial charge in [-0.3, -0.25) is 14.4 Å². The normalized spacial score (nSPS) is 14.1. The number of amides is 3. The molecule has 0 fully saturated rings. The third-order valence-corrected chi connectivity index (χ3v) is 5.10. The van der Waals surface area contributed by atoms with Gasteiger partial charge in [0.15, 0.2) is 5.72 Å². The molecule has 0 aliphatic rings. The molecular weight excluding hydrogens is 386 g/mol. The Kier molecular flexibility index (Phi) is 15.2. The molecule has 0 saturated heterocycles. The predicted molar refractivity (Wildman–Crippen MR) is 117 cm³/mol. The number of rotatable bonds is 17. The van der Waals surface area contributed by atoms with Crippen molar-refractivity contribution in [3.63, 3.8) is 0 Å². The van der Waals surface area contributed by atoms with Crippen LogP contribution in [0.3, 0.4) is 0 Å². The summed E-state index contributed by atoms with van der Waals surface area (Å²) in [6.07, 6.45) is 7.77. The Balaban J connectivity index is 4.77. The van der Waals surface area contributed by atoms with E-state index in [0.29, 0.717) is 18.8 Å². The van der Waals surface area contributed by atoms with Crippen LogP contribution in [0.1, 0.15) is 91.4 Å². The van der Waals surface area contributed by atoms with E-state index in [1.54, 1.807) is 0 Å². The van der Waals surface area contributed by atoms with Crippen LogP contribution in [0.5, 0.6) is 0 Å². The maximum atomic E-state index is 12.7. The van der Waals surface area contributed by atoms with E-state index >= 15 is 0 Å². The second-order valence-corrected chi connectivity index (χ2v) is 8.46. The number of aliphatic hydroxyl groups excluding tert-OH is 1. The molecule has 0 rings (SSSR count). The molecule has 0 spiro atoms. The van der Waals surface area contributed by atoms with Gasteiger partial charge in [-0.25, -0.2) is 0 Å². The Morgan fingerprint density at radius 3 is 2.13 bits per heavy atom. The molecule has 0 aliphatic heterocycles. The topological polar surface area (TPSA) is 128 Å². The van der Waals surface area contributed by atoms with Gasteiger partial charge in [-0.2, -0.15) is 0 Å². The minimum absolute atomic E-state index is 0.0467. The fraction of sp³-hybridized carbons (Fsp3) is 0.864. The van der Waals surface area contributed by atoms with Crippen LogP contribution in [-0.2, 0) is 14.4 Å². The quantitative estimate of drug-likeness (QED) is 0.178. The predicted octanol–water partition coefficient (Wildman–Crippen LogP) is 1.98. The smallest absolute Gasteiger partial charge is 0.244 e. The van der Waals surface area contributed by atoms with Crippen molar-refractivity contribution >= 4 is 17.7 Å². The van der Waals surface area contributed by atoms with Gasteiger partial charge in [0.2, 0.25) is 17.7 Å². The second kappa shape index (κ2) is 16.1. The van der Waals surface area contributed by atoms with Crippen molar-refractivity contribution in [2.75, 3.05) is 13.7 Å². The van der Waals surface area contributed by atoms with E-state index < -0.39 is 24.3 Å². The number of carbonyl (C=O) groups excluding carboxylic acids is 3. The van der Waals surface area contributed by atoms with Gasteiger partial charge >= 0.3 is 0 Å². The van der Waals surface area contributed by atoms with E-state index in [9.17, 15) is 24.6 Å². The average Bonchev–Trinajstić information content (AvgIpc) is 2.71. The largest absolute Gasteiger partial charge is 0.391 e. The van der Waals surface area contributed by atoms with Gasteiger partial charge in [0.05, 0.1) is 6.61 Å². The molecule has 0 aromatic rings. The summed E-state index contributed by atoms with van der Waals surface area (Å²) in [7, 11) is 1.47. The first-order valence-electron chi connectivity index (χ1n) is 11.3. The van der Waals surface area contributed by atoms with Crippen molar-refractivity contribution in [1.29, 1.82) is 0 Å². The van der Waals surface area contributed by atoms with Crippen LogP contribution in [0.25, 0.3) is 0 Å². The van der Waals surface area contributed by atoms with E-state index in [1.807, 2.05) is 13.8 Å². The number of hydrogen-bond donors (Lipinski definition) is 5. The lowest BCUT2D eigenvalue weighted by Crippen LogP contribution is -2.57. The number of unbranched alkanes of at least 4 members (excludes halogenated alkanes) is 5. The molecule has 0 heterocycles. The lowest BCUT2D eigenvalue weighted by atomic mass is 10.0. The van der Waals surface area contributed by atoms with Gasteiger partial charge in [0.1, 0.15) is 6.04 Å². The van der Waals surface area contributed by atoms with Gasteiger partial charge in [-0.05, 0) is 25.2 Å². The van der Waals surface area contributed by atoms with Crippen LogP contribution in [0.2, 0.25) is 0 Å². The molecule has 8 heteroatoms. The van der Waals surface area contributed by atoms with Gasteiger partial charge in [0, 0.05) is 26.3 Å². The molecule has 0 aliphatic carbocycles. The monoisotopic (exact) mass is 429 g/mol. The van der Waals surface area contributed by atoms with Gasteiger partial charge in [-0.1, -0.05) is 52.9 Å². The van der Waals surface area contributed by atoms with Crippen molar-refractivity contribution in [2.24, 2.45) is 5.92 Å². The molecule has 176 valence electrons. The summed E-state index contributed by atoms with van der Waals surface area (Å²) in [5.74, 6) is -0.701. The fourth-order valence-corrected chi connectivity index (χ4v) is 3.04. The highest BCUT2D eigenvalue weighted by Gasteiger charge is 2.32. The van der Waals surface area contributed by atoms with E-state index in [2.05, 4.69) is 22.9 Å². The zero-order valence-corrected chi connectivity index (χ0v) is 19.3. The Bertz CT molecular complexity index is 513. The molecule has 0 radical (unpaired) electrons. The fourth-order valence-electron chi connectivity index (χ4n) is 3.04. The first-order chi connectivity index (χ1) is 14.2. The summed E-state index contributed by atoms with van der Waals surface area (Å²) in [6.45, 7) is 5.49. The highest BCUT2D eigenvalue weighted by atomic mass is 16.3. The summed E-state index contributed by atoms with van der Waals surface area (Å²) in [5.41, 5.74) is -1.91. The maximum absolute atomic E-state index is 12.7. The van der Waals surface area contributed by atoms with Crippen molar-refractivity contribution in [1.82, 2.24) is 16.0 Å². The zero-order valence-electron chi connectivity index (χ0n) is 19.3. The van der Waals surface area contributed by atoms with Gasteiger partial charge in [-0.15, -0.1) is 0 Å². The van der Waals surface area contributed by atoms with Gasteiger partial charge < -0.3 is 26.2 Å². The van der Waals surface area contributed by atoms with Crippen LogP contribution in [0.4, 0.5) is 0 Å². The van der Waals surface area contributed by atoms with Crippen molar-refractivity contribution in [2.45, 2.75) is 103 Å². The van der Waals surface area contributed by atoms with Crippen LogP contribution >= 0.6 is 0 Å². The molecule has 2 atom stereocenters. The minimum atomic E-state index is -1.91. The minimum Gasteiger partial charge on any atom is -0.391 e. The molecule has 0 saturated carbocycles. The van der Waals surface area contributed by atoms with Crippen LogP contribution < -0.4 is 16.0 Å². The Labute approximate surface area is 181 Å². The Hall–Kier alpha value is -1.67. The molecule has 0 aromatic carbocycles. The van der Waals surface area contributed by atoms with E-state index in [4.69, 9.17) is 0 Å². The first-order valence-corrected chi connectivity index (χ1v) is 11.3. The SMILES string of the molecule is CCCCCCCCC(=O)N[C@@H](CCC(C)C)C(=O)NC(O)(CO)CCC(=O)NC. The Morgan fingerprint density at radius 2 is 1.57 bits per heavy atom. The van der Waals surface area contributed by atoms with Gasteiger partial charge in [0.25, 0.3) is 0 Å². The van der Waals surface area contributed by atoms with Crippen LogP contribution in [-0.4, -0.2) is 53.4 Å². The molecule has 0 aromatic heterocycles. The summed E-state index contributed by atoms with van der Waals surface area (Å²) >= 11 is 0. The third kappa shape index (κ3) is 13.5. The second-order valence-electron chi connectivity index (χ2n) is 8.46. The zero-order chi connectivity index (χ0) is 23.0. The van der Waals surface area contributed by atoms with Crippen LogP contribution in [0, 0.1) is 5.92 Å². The molecule has 5 N–H and O–H groups in total. The molecule has 30 heavy (non-hydrogen) atoms. The average molecular weight is 430 g/mol. The van der Waals surface area contributed by atoms with Crippen molar-refractivity contribution in [3.05, 3.63) is 0 Å². The Morgan fingerprint density at radius 1 is 0.933 bits per heavy atom. The molecule has 3 amide bonds. The molecule has 8 nitrogen and oxygen atoms in total. The summed E-state index contributed by atoms with van der Waals surface area (Å²) in [6, 6.07) is -0.793. The summed E-state index contributed by atoms with van der Waals surface area (Å²) in [4.78, 5) is 36.5. The number of aliphatic hydroxyl groups is 2. The highest BCUT2D eigenvalue weighted by molar-refractivity contribution is 5.88. The molecule has 0 bridgehead atoms. The first kappa shape index (κ1) is 28.3. The molecular formula is C22H43N3O5. The van der Waals surface area contributed by atoms with E-state index in [-0.39, 0.29) is 24.7 Å². The summed E-state index contributed by atoms with van der Waals surface area (Å²) in [5, 5.41) is 27.6. The lowest BCUT2D eigenvalue weighted by Gasteiger charge is -2.29. The number of carbonyl (C=O) groups is 3. The highest BCUT2D eigenvalue weighted by Crippen LogP contribution is 2.13. The molecule has 1 unspecified atom stereocenters. The van der Waals surface area contributed by atoms with Crippen molar-refractivity contribution in [3.8, 4) is 0 Å². The number of hydrogen-bond acceptors (Lipinski definition) is 5.